The fraction of sp³-hybridized carbons (Fsp3) is 0.154. The molecule has 0 aliphatic carbocycles. The van der Waals surface area contributed by atoms with Crippen LogP contribution in [0.3, 0.4) is 0 Å². The van der Waals surface area contributed by atoms with Crippen molar-refractivity contribution < 1.29 is 19.1 Å². The Labute approximate surface area is 188 Å². The number of carbonyl (C=O) groups is 2. The zero-order chi connectivity index (χ0) is 22.9. The molecule has 0 saturated heterocycles. The quantitative estimate of drug-likeness (QED) is 0.529. The molecule has 6 nitrogen and oxygen atoms in total. The Kier molecular flexibility index (Phi) is 7.65. The van der Waals surface area contributed by atoms with Crippen LogP contribution in [-0.4, -0.2) is 38.0 Å². The maximum Gasteiger partial charge on any atom is 0.256 e. The molecule has 0 spiro atoms. The Hall–Kier alpha value is -4.06. The van der Waals surface area contributed by atoms with Crippen molar-refractivity contribution in [3.63, 3.8) is 0 Å². The fourth-order valence-electron chi connectivity index (χ4n) is 3.22. The first-order chi connectivity index (χ1) is 15.5. The molecule has 3 aromatic carbocycles. The Bertz CT molecular complexity index is 1110. The summed E-state index contributed by atoms with van der Waals surface area (Å²) in [7, 11) is 4.86. The maximum atomic E-state index is 13.0. The van der Waals surface area contributed by atoms with Crippen molar-refractivity contribution in [3.05, 3.63) is 95.6 Å². The number of amides is 2. The molecule has 0 saturated carbocycles. The van der Waals surface area contributed by atoms with Crippen molar-refractivity contribution in [3.8, 4) is 11.5 Å². The molecule has 0 atom stereocenters. The molecule has 0 fully saturated rings. The predicted molar refractivity (Wildman–Crippen MR) is 126 cm³/mol. The number of carbonyl (C=O) groups excluding carboxylic acids is 2. The largest absolute Gasteiger partial charge is 0.493 e. The van der Waals surface area contributed by atoms with Crippen LogP contribution in [0.1, 0.15) is 21.5 Å². The molecule has 0 radical (unpaired) electrons. The SMILES string of the molecule is COc1ccc(C=CC(=O)Nc2ccccc2C(=O)N(C)Cc2ccccc2)cc1OC. The second-order valence-electron chi connectivity index (χ2n) is 7.13. The van der Waals surface area contributed by atoms with Crippen LogP contribution in [0.5, 0.6) is 11.5 Å². The van der Waals surface area contributed by atoms with Crippen molar-refractivity contribution in [1.29, 1.82) is 0 Å². The summed E-state index contributed by atoms with van der Waals surface area (Å²) in [6, 6.07) is 22.1. The summed E-state index contributed by atoms with van der Waals surface area (Å²) in [5.41, 5.74) is 2.70. The van der Waals surface area contributed by atoms with Crippen LogP contribution in [-0.2, 0) is 11.3 Å². The van der Waals surface area contributed by atoms with Crippen molar-refractivity contribution in [2.45, 2.75) is 6.54 Å². The third-order valence-corrected chi connectivity index (χ3v) is 4.86. The molecule has 6 heteroatoms. The normalized spacial score (nSPS) is 10.6. The van der Waals surface area contributed by atoms with Gasteiger partial charge in [0.15, 0.2) is 11.5 Å². The third kappa shape index (κ3) is 5.76. The van der Waals surface area contributed by atoms with Gasteiger partial charge in [0.2, 0.25) is 5.91 Å². The van der Waals surface area contributed by atoms with Gasteiger partial charge in [-0.15, -0.1) is 0 Å². The number of nitrogens with one attached hydrogen (secondary N) is 1. The van der Waals surface area contributed by atoms with Gasteiger partial charge in [-0.05, 0) is 41.5 Å². The smallest absolute Gasteiger partial charge is 0.256 e. The van der Waals surface area contributed by atoms with Gasteiger partial charge < -0.3 is 19.7 Å². The number of methoxy groups -OCH3 is 2. The van der Waals surface area contributed by atoms with Gasteiger partial charge in [0.05, 0.1) is 25.5 Å². The maximum absolute atomic E-state index is 13.0. The lowest BCUT2D eigenvalue weighted by Gasteiger charge is -2.19. The van der Waals surface area contributed by atoms with Crippen LogP contribution in [0.2, 0.25) is 0 Å². The highest BCUT2D eigenvalue weighted by molar-refractivity contribution is 6.07. The van der Waals surface area contributed by atoms with E-state index in [0.717, 1.165) is 11.1 Å². The summed E-state index contributed by atoms with van der Waals surface area (Å²) in [4.78, 5) is 27.1. The van der Waals surface area contributed by atoms with Gasteiger partial charge in [-0.2, -0.15) is 0 Å². The molecule has 0 heterocycles. The van der Waals surface area contributed by atoms with Crippen LogP contribution < -0.4 is 14.8 Å². The molecule has 0 bridgehead atoms. The first-order valence-electron chi connectivity index (χ1n) is 10.1. The predicted octanol–water partition coefficient (Wildman–Crippen LogP) is 4.63. The second kappa shape index (κ2) is 10.8. The van der Waals surface area contributed by atoms with E-state index in [4.69, 9.17) is 9.47 Å². The average molecular weight is 431 g/mol. The lowest BCUT2D eigenvalue weighted by Crippen LogP contribution is -2.27. The van der Waals surface area contributed by atoms with Crippen LogP contribution in [0, 0.1) is 0 Å². The molecule has 164 valence electrons. The molecule has 1 N–H and O–H groups in total. The van der Waals surface area contributed by atoms with Gasteiger partial charge in [0.25, 0.3) is 5.91 Å². The Morgan fingerprint density at radius 1 is 0.906 bits per heavy atom. The van der Waals surface area contributed by atoms with E-state index in [1.165, 1.54) is 6.08 Å². The molecular formula is C26H26N2O4. The Morgan fingerprint density at radius 3 is 2.31 bits per heavy atom. The minimum Gasteiger partial charge on any atom is -0.493 e. The van der Waals surface area contributed by atoms with Crippen LogP contribution in [0.15, 0.2) is 78.9 Å². The van der Waals surface area contributed by atoms with Gasteiger partial charge in [0, 0.05) is 19.7 Å². The monoisotopic (exact) mass is 430 g/mol. The number of nitrogens with zero attached hydrogens (tertiary/aromatic N) is 1. The van der Waals surface area contributed by atoms with Gasteiger partial charge in [-0.3, -0.25) is 9.59 Å². The highest BCUT2D eigenvalue weighted by Crippen LogP contribution is 2.28. The van der Waals surface area contributed by atoms with E-state index in [-0.39, 0.29) is 11.8 Å². The fourth-order valence-corrected chi connectivity index (χ4v) is 3.22. The molecule has 0 aliphatic rings. The van der Waals surface area contributed by atoms with Crippen molar-refractivity contribution >= 4 is 23.6 Å². The average Bonchev–Trinajstić information content (AvgIpc) is 2.83. The molecule has 0 aromatic heterocycles. The second-order valence-corrected chi connectivity index (χ2v) is 7.13. The first kappa shape index (κ1) is 22.6. The molecule has 0 aliphatic heterocycles. The number of anilines is 1. The van der Waals surface area contributed by atoms with E-state index in [1.807, 2.05) is 36.4 Å². The zero-order valence-electron chi connectivity index (χ0n) is 18.4. The van der Waals surface area contributed by atoms with Gasteiger partial charge in [0.1, 0.15) is 0 Å². The lowest BCUT2D eigenvalue weighted by atomic mass is 10.1. The molecule has 32 heavy (non-hydrogen) atoms. The van der Waals surface area contributed by atoms with E-state index in [9.17, 15) is 9.59 Å². The van der Waals surface area contributed by atoms with E-state index in [1.54, 1.807) is 68.6 Å². The standard InChI is InChI=1S/C26H26N2O4/c1-28(18-20-9-5-4-6-10-20)26(30)21-11-7-8-12-22(21)27-25(29)16-14-19-13-15-23(31-2)24(17-19)32-3/h4-17H,18H2,1-3H3,(H,27,29). The van der Waals surface area contributed by atoms with Crippen molar-refractivity contribution in [2.24, 2.45) is 0 Å². The number of ether oxygens (including phenoxy) is 2. The van der Waals surface area contributed by atoms with Gasteiger partial charge in [-0.1, -0.05) is 48.5 Å². The molecular weight excluding hydrogens is 404 g/mol. The van der Waals surface area contributed by atoms with Crippen LogP contribution in [0.4, 0.5) is 5.69 Å². The summed E-state index contributed by atoms with van der Waals surface area (Å²) in [6.07, 6.45) is 3.08. The Balaban J connectivity index is 1.71. The molecule has 2 amide bonds. The van der Waals surface area contributed by atoms with Crippen molar-refractivity contribution in [2.75, 3.05) is 26.6 Å². The van der Waals surface area contributed by atoms with Crippen molar-refractivity contribution in [1.82, 2.24) is 4.90 Å². The van der Waals surface area contributed by atoms with E-state index in [0.29, 0.717) is 29.3 Å². The lowest BCUT2D eigenvalue weighted by molar-refractivity contribution is -0.111. The van der Waals surface area contributed by atoms with E-state index in [2.05, 4.69) is 5.32 Å². The molecule has 3 rings (SSSR count). The topological polar surface area (TPSA) is 67.9 Å². The minimum absolute atomic E-state index is 0.173. The summed E-state index contributed by atoms with van der Waals surface area (Å²) in [6.45, 7) is 0.473. The van der Waals surface area contributed by atoms with Gasteiger partial charge >= 0.3 is 0 Å². The van der Waals surface area contributed by atoms with Gasteiger partial charge in [-0.25, -0.2) is 0 Å². The number of benzene rings is 3. The van der Waals surface area contributed by atoms with E-state index >= 15 is 0 Å². The summed E-state index contributed by atoms with van der Waals surface area (Å²) >= 11 is 0. The summed E-state index contributed by atoms with van der Waals surface area (Å²) in [5.74, 6) is 0.674. The minimum atomic E-state index is -0.342. The number of para-hydroxylation sites is 1. The molecule has 0 unspecified atom stereocenters. The summed E-state index contributed by atoms with van der Waals surface area (Å²) in [5, 5.41) is 2.80. The number of rotatable bonds is 8. The third-order valence-electron chi connectivity index (χ3n) is 4.86. The Morgan fingerprint density at radius 2 is 1.59 bits per heavy atom. The highest BCUT2D eigenvalue weighted by Gasteiger charge is 2.16. The van der Waals surface area contributed by atoms with Crippen LogP contribution in [0.25, 0.3) is 6.08 Å². The number of hydrogen-bond acceptors (Lipinski definition) is 4. The molecule has 3 aromatic rings. The van der Waals surface area contributed by atoms with E-state index < -0.39 is 0 Å². The summed E-state index contributed by atoms with van der Waals surface area (Å²) < 4.78 is 10.5. The number of hydrogen-bond donors (Lipinski definition) is 1. The highest BCUT2D eigenvalue weighted by atomic mass is 16.5. The zero-order valence-corrected chi connectivity index (χ0v) is 18.4. The first-order valence-corrected chi connectivity index (χ1v) is 10.1. The van der Waals surface area contributed by atoms with Crippen LogP contribution >= 0.6 is 0 Å².